The minimum Gasteiger partial charge on any atom is -0.468 e. The van der Waals surface area contributed by atoms with Crippen LogP contribution in [0.3, 0.4) is 0 Å². The largest absolute Gasteiger partial charge is 0.468 e. The van der Waals surface area contributed by atoms with Crippen molar-refractivity contribution >= 4 is 6.08 Å². The molecule has 1 aromatic rings. The van der Waals surface area contributed by atoms with Gasteiger partial charge < -0.3 is 4.74 Å². The summed E-state index contributed by atoms with van der Waals surface area (Å²) in [6.45, 7) is 0. The minimum absolute atomic E-state index is 0.0555. The van der Waals surface area contributed by atoms with E-state index in [9.17, 15) is 0 Å². The summed E-state index contributed by atoms with van der Waals surface area (Å²) in [7, 11) is 0. The molecule has 17 heavy (non-hydrogen) atoms. The smallest absolute Gasteiger partial charge is 0.119 e. The molecule has 1 unspecified atom stereocenters. The molecule has 0 amide bonds. The van der Waals surface area contributed by atoms with Crippen LogP contribution in [0.5, 0.6) is 0 Å². The van der Waals surface area contributed by atoms with E-state index in [2.05, 4.69) is 54.6 Å². The summed E-state index contributed by atoms with van der Waals surface area (Å²) < 4.78 is 5.75. The molecule has 0 bridgehead atoms. The van der Waals surface area contributed by atoms with Gasteiger partial charge in [-0.15, -0.1) is 0 Å². The molecule has 0 saturated heterocycles. The van der Waals surface area contributed by atoms with E-state index in [1.165, 1.54) is 16.7 Å². The maximum atomic E-state index is 5.75. The maximum absolute atomic E-state index is 5.75. The second-order valence-electron chi connectivity index (χ2n) is 4.68. The van der Waals surface area contributed by atoms with Crippen LogP contribution in [0, 0.1) is 0 Å². The standard InChI is InChI=1S/C16H12O/c1-2-6-14-12(5-1)8-9-13-11-17-15-7-3-4-10-16(13,14)15/h1-9,11H,10H2. The van der Waals surface area contributed by atoms with Crippen LogP contribution in [-0.4, -0.2) is 0 Å². The van der Waals surface area contributed by atoms with E-state index < -0.39 is 0 Å². The summed E-state index contributed by atoms with van der Waals surface area (Å²) in [4.78, 5) is 0. The number of fused-ring (bicyclic) bond motifs is 1. The van der Waals surface area contributed by atoms with Gasteiger partial charge in [0.2, 0.25) is 0 Å². The van der Waals surface area contributed by atoms with Crippen LogP contribution in [0.15, 0.2) is 66.2 Å². The molecule has 1 nitrogen and oxygen atoms in total. The van der Waals surface area contributed by atoms with E-state index in [0.29, 0.717) is 0 Å². The summed E-state index contributed by atoms with van der Waals surface area (Å²) in [5.74, 6) is 1.06. The fraction of sp³-hybridized carbons (Fsp3) is 0.125. The van der Waals surface area contributed by atoms with Gasteiger partial charge in [-0.1, -0.05) is 48.6 Å². The maximum Gasteiger partial charge on any atom is 0.119 e. The van der Waals surface area contributed by atoms with Gasteiger partial charge in [-0.25, -0.2) is 0 Å². The quantitative estimate of drug-likeness (QED) is 0.647. The third-order valence-electron chi connectivity index (χ3n) is 3.90. The van der Waals surface area contributed by atoms with E-state index in [-0.39, 0.29) is 5.41 Å². The average molecular weight is 220 g/mol. The molecule has 1 aromatic carbocycles. The molecule has 0 fully saturated rings. The third-order valence-corrected chi connectivity index (χ3v) is 3.90. The molecule has 4 rings (SSSR count). The zero-order chi connectivity index (χ0) is 11.3. The van der Waals surface area contributed by atoms with Crippen molar-refractivity contribution in [1.82, 2.24) is 0 Å². The van der Waals surface area contributed by atoms with Crippen molar-refractivity contribution in [3.8, 4) is 0 Å². The Morgan fingerprint density at radius 1 is 1.12 bits per heavy atom. The van der Waals surface area contributed by atoms with Crippen molar-refractivity contribution in [2.45, 2.75) is 11.8 Å². The molecule has 0 N–H and O–H groups in total. The lowest BCUT2D eigenvalue weighted by Gasteiger charge is -2.35. The van der Waals surface area contributed by atoms with E-state index in [0.717, 1.165) is 12.2 Å². The normalized spacial score (nSPS) is 27.5. The molecule has 82 valence electrons. The zero-order valence-corrected chi connectivity index (χ0v) is 9.39. The monoisotopic (exact) mass is 220 g/mol. The van der Waals surface area contributed by atoms with Gasteiger partial charge in [-0.2, -0.15) is 0 Å². The number of allylic oxidation sites excluding steroid dienone is 5. The highest BCUT2D eigenvalue weighted by molar-refractivity contribution is 5.71. The predicted molar refractivity (Wildman–Crippen MR) is 68.2 cm³/mol. The molecular formula is C16H12O. The van der Waals surface area contributed by atoms with Crippen LogP contribution in [0.25, 0.3) is 6.08 Å². The van der Waals surface area contributed by atoms with Crippen molar-refractivity contribution < 1.29 is 4.74 Å². The first-order chi connectivity index (χ1) is 8.41. The Hall–Kier alpha value is -2.02. The molecule has 1 aliphatic heterocycles. The zero-order valence-electron chi connectivity index (χ0n) is 9.39. The highest BCUT2D eigenvalue weighted by Gasteiger charge is 2.46. The van der Waals surface area contributed by atoms with Crippen LogP contribution in [0.4, 0.5) is 0 Å². The SMILES string of the molecule is C1=CCC23C(=COC2=C1)C=Cc1ccccc13. The molecule has 3 aliphatic rings. The van der Waals surface area contributed by atoms with E-state index in [4.69, 9.17) is 4.74 Å². The van der Waals surface area contributed by atoms with Gasteiger partial charge in [0.1, 0.15) is 5.76 Å². The van der Waals surface area contributed by atoms with Gasteiger partial charge in [0.25, 0.3) is 0 Å². The van der Waals surface area contributed by atoms with Gasteiger partial charge in [0.15, 0.2) is 0 Å². The van der Waals surface area contributed by atoms with Gasteiger partial charge in [0, 0.05) is 5.57 Å². The average Bonchev–Trinajstić information content (AvgIpc) is 2.78. The molecule has 0 radical (unpaired) electrons. The number of hydrogen-bond acceptors (Lipinski definition) is 1. The summed E-state index contributed by atoms with van der Waals surface area (Å²) in [6.07, 6.45) is 13.6. The highest BCUT2D eigenvalue weighted by atomic mass is 16.5. The van der Waals surface area contributed by atoms with Crippen LogP contribution < -0.4 is 0 Å². The topological polar surface area (TPSA) is 9.23 Å². The minimum atomic E-state index is -0.0555. The van der Waals surface area contributed by atoms with Crippen molar-refractivity contribution in [2.24, 2.45) is 0 Å². The van der Waals surface area contributed by atoms with Crippen molar-refractivity contribution in [3.05, 3.63) is 77.3 Å². The summed E-state index contributed by atoms with van der Waals surface area (Å²) >= 11 is 0. The lowest BCUT2D eigenvalue weighted by molar-refractivity contribution is 0.322. The number of benzene rings is 1. The van der Waals surface area contributed by atoms with Gasteiger partial charge in [-0.05, 0) is 23.6 Å². The lowest BCUT2D eigenvalue weighted by atomic mass is 9.66. The van der Waals surface area contributed by atoms with Gasteiger partial charge >= 0.3 is 0 Å². The number of rotatable bonds is 0. The third kappa shape index (κ3) is 0.992. The van der Waals surface area contributed by atoms with Crippen LogP contribution in [0.1, 0.15) is 17.5 Å². The first kappa shape index (κ1) is 9.06. The molecule has 1 heterocycles. The Kier molecular flexibility index (Phi) is 1.60. The first-order valence-corrected chi connectivity index (χ1v) is 5.93. The number of hydrogen-bond donors (Lipinski definition) is 0. The fourth-order valence-electron chi connectivity index (χ4n) is 3.06. The summed E-state index contributed by atoms with van der Waals surface area (Å²) in [6, 6.07) is 8.59. The summed E-state index contributed by atoms with van der Waals surface area (Å²) in [5, 5.41) is 0. The number of ether oxygens (including phenoxy) is 1. The second-order valence-corrected chi connectivity index (χ2v) is 4.68. The van der Waals surface area contributed by atoms with Crippen molar-refractivity contribution in [3.63, 3.8) is 0 Å². The van der Waals surface area contributed by atoms with Gasteiger partial charge in [-0.3, -0.25) is 0 Å². The molecule has 0 saturated carbocycles. The Morgan fingerprint density at radius 2 is 2.06 bits per heavy atom. The molecule has 2 aliphatic carbocycles. The van der Waals surface area contributed by atoms with Crippen molar-refractivity contribution in [1.29, 1.82) is 0 Å². The van der Waals surface area contributed by atoms with Crippen LogP contribution in [-0.2, 0) is 10.2 Å². The van der Waals surface area contributed by atoms with Crippen LogP contribution >= 0.6 is 0 Å². The molecule has 0 aromatic heterocycles. The molecular weight excluding hydrogens is 208 g/mol. The lowest BCUT2D eigenvalue weighted by Crippen LogP contribution is -2.30. The van der Waals surface area contributed by atoms with E-state index >= 15 is 0 Å². The predicted octanol–water partition coefficient (Wildman–Crippen LogP) is 3.71. The van der Waals surface area contributed by atoms with Crippen LogP contribution in [0.2, 0.25) is 0 Å². The van der Waals surface area contributed by atoms with Crippen molar-refractivity contribution in [2.75, 3.05) is 0 Å². The Labute approximate surface area is 100 Å². The molecule has 1 spiro atoms. The first-order valence-electron chi connectivity index (χ1n) is 5.93. The Balaban J connectivity index is 2.05. The van der Waals surface area contributed by atoms with Gasteiger partial charge in [0.05, 0.1) is 11.7 Å². The summed E-state index contributed by atoms with van der Waals surface area (Å²) in [5.41, 5.74) is 3.88. The Morgan fingerprint density at radius 3 is 3.06 bits per heavy atom. The second kappa shape index (κ2) is 3.01. The Bertz CT molecular complexity index is 616. The fourth-order valence-corrected chi connectivity index (χ4v) is 3.06. The highest BCUT2D eigenvalue weighted by Crippen LogP contribution is 2.52. The molecule has 1 heteroatoms. The van der Waals surface area contributed by atoms with E-state index in [1.807, 2.05) is 6.26 Å². The van der Waals surface area contributed by atoms with E-state index in [1.54, 1.807) is 0 Å². The molecule has 1 atom stereocenters.